The summed E-state index contributed by atoms with van der Waals surface area (Å²) in [5.74, 6) is 0. The van der Waals surface area contributed by atoms with Gasteiger partial charge in [0.15, 0.2) is 0 Å². The molecule has 0 aliphatic rings. The van der Waals surface area contributed by atoms with Gasteiger partial charge in [-0.3, -0.25) is 0 Å². The van der Waals surface area contributed by atoms with Crippen LogP contribution in [0.15, 0.2) is 0 Å². The van der Waals surface area contributed by atoms with Crippen LogP contribution in [-0.2, 0) is 37.9 Å². The normalized spacial score (nSPS) is 13.2. The Bertz CT molecular complexity index is 231. The average molecular weight is 370 g/mol. The van der Waals surface area contributed by atoms with Crippen molar-refractivity contribution in [1.82, 2.24) is 0 Å². The van der Waals surface area contributed by atoms with E-state index < -0.39 is 0 Å². The predicted molar refractivity (Wildman–Crippen MR) is 95.1 cm³/mol. The van der Waals surface area contributed by atoms with Gasteiger partial charge in [-0.25, -0.2) is 0 Å². The average Bonchev–Trinajstić information content (AvgIpc) is 2.64. The Morgan fingerprint density at radius 1 is 0.560 bits per heavy atom. The first-order valence-corrected chi connectivity index (χ1v) is 8.54. The van der Waals surface area contributed by atoms with Gasteiger partial charge in [0.05, 0.1) is 39.6 Å². The summed E-state index contributed by atoms with van der Waals surface area (Å²) >= 11 is 0. The summed E-state index contributed by atoms with van der Waals surface area (Å²) in [6.07, 6.45) is 0.0619. The predicted octanol–water partition coefficient (Wildman–Crippen LogP) is 1.36. The van der Waals surface area contributed by atoms with E-state index in [4.69, 9.17) is 37.9 Å². The zero-order chi connectivity index (χ0) is 19.2. The lowest BCUT2D eigenvalue weighted by Gasteiger charge is -2.14. The molecule has 0 aromatic carbocycles. The molecule has 0 N–H and O–H groups in total. The Morgan fingerprint density at radius 2 is 1.04 bits per heavy atom. The fourth-order valence-corrected chi connectivity index (χ4v) is 1.52. The molecule has 0 aromatic rings. The topological polar surface area (TPSA) is 73.8 Å². The van der Waals surface area contributed by atoms with Crippen molar-refractivity contribution >= 4 is 0 Å². The first-order chi connectivity index (χ1) is 12.2. The molecule has 0 saturated heterocycles. The lowest BCUT2D eigenvalue weighted by molar-refractivity contribution is -0.0793. The Labute approximate surface area is 152 Å². The number of hydrogen-bond donors (Lipinski definition) is 0. The molecular formula is C17H38O8. The highest BCUT2D eigenvalue weighted by atomic mass is 16.7. The molecule has 25 heavy (non-hydrogen) atoms. The van der Waals surface area contributed by atoms with Gasteiger partial charge in [0, 0.05) is 41.7 Å². The molecular weight excluding hydrogens is 332 g/mol. The Balaban J connectivity index is 0. The van der Waals surface area contributed by atoms with Gasteiger partial charge in [-0.2, -0.15) is 0 Å². The molecule has 2 atom stereocenters. The fourth-order valence-electron chi connectivity index (χ4n) is 1.52. The highest BCUT2D eigenvalue weighted by Crippen LogP contribution is 1.92. The van der Waals surface area contributed by atoms with Gasteiger partial charge < -0.3 is 37.9 Å². The molecule has 0 aromatic heterocycles. The maximum atomic E-state index is 5.33. The standard InChI is InChI=1S/C10H22O5.C7H16O3/c1-4-13-9-15-6-5-14-8-10(12-3)7-11-2;1-4-10-6-7(9-3)5-8-2/h10H,4-9H2,1-3H3;7H,4-6H2,1-3H3. The van der Waals surface area contributed by atoms with Gasteiger partial charge in [-0.15, -0.1) is 0 Å². The van der Waals surface area contributed by atoms with Crippen LogP contribution < -0.4 is 0 Å². The SMILES string of the molecule is CCOCC(COC)OC.CCOCOCCOCC(COC)OC. The minimum atomic E-state index is -0.0121. The molecule has 8 heteroatoms. The van der Waals surface area contributed by atoms with Gasteiger partial charge in [-0.05, 0) is 13.8 Å². The Morgan fingerprint density at radius 3 is 1.48 bits per heavy atom. The minimum absolute atomic E-state index is 0.0121. The molecule has 0 aliphatic heterocycles. The van der Waals surface area contributed by atoms with Crippen LogP contribution in [0.4, 0.5) is 0 Å². The first kappa shape index (κ1) is 26.9. The second kappa shape index (κ2) is 23.7. The third-order valence-corrected chi connectivity index (χ3v) is 2.93. The van der Waals surface area contributed by atoms with Crippen molar-refractivity contribution in [2.45, 2.75) is 26.1 Å². The van der Waals surface area contributed by atoms with Crippen LogP contribution in [0.5, 0.6) is 0 Å². The Kier molecular flexibility index (Phi) is 25.5. The van der Waals surface area contributed by atoms with Gasteiger partial charge >= 0.3 is 0 Å². The summed E-state index contributed by atoms with van der Waals surface area (Å²) in [6, 6.07) is 0. The highest BCUT2D eigenvalue weighted by molar-refractivity contribution is 4.53. The minimum Gasteiger partial charge on any atom is -0.382 e. The third kappa shape index (κ3) is 21.6. The largest absolute Gasteiger partial charge is 0.382 e. The monoisotopic (exact) mass is 370 g/mol. The Hall–Kier alpha value is -0.320. The lowest BCUT2D eigenvalue weighted by atomic mass is 10.4. The van der Waals surface area contributed by atoms with Crippen LogP contribution in [0.25, 0.3) is 0 Å². The molecule has 0 radical (unpaired) electrons. The van der Waals surface area contributed by atoms with Crippen molar-refractivity contribution in [1.29, 1.82) is 0 Å². The summed E-state index contributed by atoms with van der Waals surface area (Å²) in [5.41, 5.74) is 0. The van der Waals surface area contributed by atoms with Gasteiger partial charge in [0.2, 0.25) is 0 Å². The quantitative estimate of drug-likeness (QED) is 0.281. The second-order valence-corrected chi connectivity index (χ2v) is 4.88. The van der Waals surface area contributed by atoms with Gasteiger partial charge in [0.25, 0.3) is 0 Å². The van der Waals surface area contributed by atoms with Crippen molar-refractivity contribution in [2.24, 2.45) is 0 Å². The van der Waals surface area contributed by atoms with Crippen molar-refractivity contribution in [2.75, 3.05) is 88.1 Å². The maximum absolute atomic E-state index is 5.33. The van der Waals surface area contributed by atoms with E-state index in [0.29, 0.717) is 53.0 Å². The van der Waals surface area contributed by atoms with Crippen LogP contribution in [0.2, 0.25) is 0 Å². The molecule has 0 fully saturated rings. The zero-order valence-corrected chi connectivity index (χ0v) is 16.8. The van der Waals surface area contributed by atoms with Crippen LogP contribution in [0, 0.1) is 0 Å². The second-order valence-electron chi connectivity index (χ2n) is 4.88. The summed E-state index contributed by atoms with van der Waals surface area (Å²) in [6.45, 7) is 8.93. The molecule has 154 valence electrons. The number of rotatable bonds is 17. The number of hydrogen-bond acceptors (Lipinski definition) is 8. The van der Waals surface area contributed by atoms with Gasteiger partial charge in [-0.1, -0.05) is 0 Å². The van der Waals surface area contributed by atoms with Crippen molar-refractivity contribution in [3.05, 3.63) is 0 Å². The summed E-state index contributed by atoms with van der Waals surface area (Å²) in [5, 5.41) is 0. The first-order valence-electron chi connectivity index (χ1n) is 8.54. The van der Waals surface area contributed by atoms with Crippen LogP contribution in [-0.4, -0.2) is 100 Å². The van der Waals surface area contributed by atoms with E-state index >= 15 is 0 Å². The molecule has 0 bridgehead atoms. The van der Waals surface area contributed by atoms with E-state index in [-0.39, 0.29) is 12.2 Å². The summed E-state index contributed by atoms with van der Waals surface area (Å²) in [4.78, 5) is 0. The summed E-state index contributed by atoms with van der Waals surface area (Å²) < 4.78 is 40.6. The molecule has 0 rings (SSSR count). The van der Waals surface area contributed by atoms with E-state index in [0.717, 1.165) is 6.61 Å². The number of methoxy groups -OCH3 is 4. The van der Waals surface area contributed by atoms with Crippen LogP contribution in [0.3, 0.4) is 0 Å². The maximum Gasteiger partial charge on any atom is 0.146 e. The smallest absolute Gasteiger partial charge is 0.146 e. The molecule has 2 unspecified atom stereocenters. The molecule has 8 nitrogen and oxygen atoms in total. The number of ether oxygens (including phenoxy) is 8. The third-order valence-electron chi connectivity index (χ3n) is 2.93. The van der Waals surface area contributed by atoms with Crippen molar-refractivity contribution in [3.63, 3.8) is 0 Å². The lowest BCUT2D eigenvalue weighted by Crippen LogP contribution is -2.24. The van der Waals surface area contributed by atoms with E-state index in [1.165, 1.54) is 0 Å². The van der Waals surface area contributed by atoms with Crippen molar-refractivity contribution in [3.8, 4) is 0 Å². The van der Waals surface area contributed by atoms with E-state index in [9.17, 15) is 0 Å². The molecule has 0 spiro atoms. The van der Waals surface area contributed by atoms with E-state index in [1.807, 2.05) is 13.8 Å². The van der Waals surface area contributed by atoms with E-state index in [2.05, 4.69) is 0 Å². The molecule has 0 heterocycles. The fraction of sp³-hybridized carbons (Fsp3) is 1.00. The highest BCUT2D eigenvalue weighted by Gasteiger charge is 2.06. The molecule has 0 saturated carbocycles. The van der Waals surface area contributed by atoms with Crippen LogP contribution >= 0.6 is 0 Å². The summed E-state index contributed by atoms with van der Waals surface area (Å²) in [7, 11) is 6.58. The zero-order valence-electron chi connectivity index (χ0n) is 16.8. The molecule has 0 aliphatic carbocycles. The van der Waals surface area contributed by atoms with E-state index in [1.54, 1.807) is 28.4 Å². The van der Waals surface area contributed by atoms with Crippen LogP contribution in [0.1, 0.15) is 13.8 Å². The van der Waals surface area contributed by atoms with Gasteiger partial charge in [0.1, 0.15) is 19.0 Å². The van der Waals surface area contributed by atoms with Crippen molar-refractivity contribution < 1.29 is 37.9 Å². The molecule has 0 amide bonds.